The summed E-state index contributed by atoms with van der Waals surface area (Å²) in [6.45, 7) is 2.46. The van der Waals surface area contributed by atoms with Crippen LogP contribution in [0.1, 0.15) is 11.4 Å². The lowest BCUT2D eigenvalue weighted by Crippen LogP contribution is -2.28. The summed E-state index contributed by atoms with van der Waals surface area (Å²) in [6, 6.07) is 0. The molecule has 0 aliphatic heterocycles. The molecule has 0 aromatic carbocycles. The molecule has 1 aromatic rings. The van der Waals surface area contributed by atoms with Gasteiger partial charge in [-0.1, -0.05) is 0 Å². The van der Waals surface area contributed by atoms with E-state index in [-0.39, 0.29) is 5.84 Å². The zero-order chi connectivity index (χ0) is 12.7. The van der Waals surface area contributed by atoms with Crippen LogP contribution in [0.5, 0.6) is 0 Å². The number of aryl methyl sites for hydroxylation is 1. The third-order valence-electron chi connectivity index (χ3n) is 2.12. The highest BCUT2D eigenvalue weighted by atomic mass is 32.2. The molecule has 94 valence electrons. The number of aliphatic carboxylic acids is 1. The van der Waals surface area contributed by atoms with Crippen LogP contribution in [0, 0.1) is 6.92 Å². The molecule has 1 heterocycles. The predicted molar refractivity (Wildman–Crippen MR) is 68.5 cm³/mol. The van der Waals surface area contributed by atoms with Crippen LogP contribution in [0.3, 0.4) is 0 Å². The molecule has 0 bridgehead atoms. The van der Waals surface area contributed by atoms with Crippen molar-refractivity contribution in [2.75, 3.05) is 19.3 Å². The van der Waals surface area contributed by atoms with E-state index in [1.54, 1.807) is 25.1 Å². The van der Waals surface area contributed by atoms with Gasteiger partial charge in [-0.3, -0.25) is 4.99 Å². The molecule has 1 rings (SSSR count). The van der Waals surface area contributed by atoms with Gasteiger partial charge in [0.05, 0.1) is 18.6 Å². The van der Waals surface area contributed by atoms with Crippen molar-refractivity contribution in [2.24, 2.45) is 4.99 Å². The number of nitrogens with zero attached hydrogens (tertiary/aromatic N) is 2. The number of amidine groups is 1. The third kappa shape index (κ3) is 4.48. The molecule has 0 aliphatic carbocycles. The van der Waals surface area contributed by atoms with Gasteiger partial charge in [-0.05, 0) is 6.92 Å². The first-order chi connectivity index (χ1) is 8.15. The molecule has 0 radical (unpaired) electrons. The number of thioether (sulfide) groups is 1. The Labute approximate surface area is 104 Å². The summed E-state index contributed by atoms with van der Waals surface area (Å²) in [5.74, 6) is 0.555. The lowest BCUT2D eigenvalue weighted by Gasteiger charge is -2.00. The van der Waals surface area contributed by atoms with E-state index in [1.807, 2.05) is 6.92 Å². The number of hydrogen-bond acceptors (Lipinski definition) is 4. The minimum atomic E-state index is -1.03. The van der Waals surface area contributed by atoms with E-state index < -0.39 is 5.97 Å². The van der Waals surface area contributed by atoms with Crippen LogP contribution in [0.15, 0.2) is 11.3 Å². The Kier molecular flexibility index (Phi) is 5.55. The minimum Gasteiger partial charge on any atom is -0.475 e. The van der Waals surface area contributed by atoms with Gasteiger partial charge in [0, 0.05) is 24.2 Å². The van der Waals surface area contributed by atoms with Crippen molar-refractivity contribution >= 4 is 23.6 Å². The number of aliphatic imine (C=N–C) groups is 1. The number of rotatable bonds is 5. The minimum absolute atomic E-state index is 0.00144. The fourth-order valence-corrected chi connectivity index (χ4v) is 2.03. The van der Waals surface area contributed by atoms with E-state index >= 15 is 0 Å². The molecule has 0 saturated carbocycles. The van der Waals surface area contributed by atoms with Gasteiger partial charge >= 0.3 is 5.97 Å². The van der Waals surface area contributed by atoms with Crippen LogP contribution in [0.25, 0.3) is 0 Å². The maximum absolute atomic E-state index is 10.6. The van der Waals surface area contributed by atoms with Crippen molar-refractivity contribution in [1.29, 1.82) is 0 Å². The average molecular weight is 256 g/mol. The van der Waals surface area contributed by atoms with Gasteiger partial charge in [0.2, 0.25) is 5.84 Å². The van der Waals surface area contributed by atoms with E-state index in [2.05, 4.69) is 20.3 Å². The van der Waals surface area contributed by atoms with Gasteiger partial charge in [0.25, 0.3) is 0 Å². The molecule has 0 aliphatic rings. The monoisotopic (exact) mass is 256 g/mol. The Morgan fingerprint density at radius 2 is 2.47 bits per heavy atom. The molecule has 17 heavy (non-hydrogen) atoms. The van der Waals surface area contributed by atoms with Gasteiger partial charge in [-0.25, -0.2) is 9.78 Å². The van der Waals surface area contributed by atoms with Crippen LogP contribution in [-0.4, -0.2) is 46.2 Å². The molecule has 3 N–H and O–H groups in total. The molecule has 6 nitrogen and oxygen atoms in total. The van der Waals surface area contributed by atoms with E-state index in [9.17, 15) is 4.79 Å². The highest BCUT2D eigenvalue weighted by Gasteiger charge is 2.05. The molecule has 0 unspecified atom stereocenters. The van der Waals surface area contributed by atoms with E-state index in [0.29, 0.717) is 6.54 Å². The van der Waals surface area contributed by atoms with E-state index in [0.717, 1.165) is 22.9 Å². The lowest BCUT2D eigenvalue weighted by molar-refractivity contribution is -0.129. The quantitative estimate of drug-likeness (QED) is 0.409. The normalized spacial score (nSPS) is 11.5. The van der Waals surface area contributed by atoms with Crippen LogP contribution in [-0.2, 0) is 10.5 Å². The Hall–Kier alpha value is -1.50. The molecular formula is C10H16N4O2S. The summed E-state index contributed by atoms with van der Waals surface area (Å²) in [5.41, 5.74) is 2.11. The van der Waals surface area contributed by atoms with Crippen molar-refractivity contribution in [3.63, 3.8) is 0 Å². The highest BCUT2D eigenvalue weighted by Crippen LogP contribution is 2.11. The van der Waals surface area contributed by atoms with Crippen LogP contribution < -0.4 is 5.32 Å². The van der Waals surface area contributed by atoms with Crippen molar-refractivity contribution in [3.8, 4) is 0 Å². The van der Waals surface area contributed by atoms with Crippen molar-refractivity contribution in [2.45, 2.75) is 12.7 Å². The van der Waals surface area contributed by atoms with Gasteiger partial charge in [0.1, 0.15) is 0 Å². The molecule has 0 saturated heterocycles. The number of aromatic amines is 1. The van der Waals surface area contributed by atoms with Crippen LogP contribution in [0.4, 0.5) is 0 Å². The zero-order valence-electron chi connectivity index (χ0n) is 9.86. The summed E-state index contributed by atoms with van der Waals surface area (Å²) >= 11 is 1.68. The number of nitrogens with one attached hydrogen (secondary N) is 2. The van der Waals surface area contributed by atoms with E-state index in [4.69, 9.17) is 5.11 Å². The number of hydrogen-bond donors (Lipinski definition) is 3. The number of carbonyl (C=O) groups is 1. The maximum atomic E-state index is 10.6. The second-order valence-electron chi connectivity index (χ2n) is 3.31. The Morgan fingerprint density at radius 1 is 1.71 bits per heavy atom. The third-order valence-corrected chi connectivity index (χ3v) is 3.07. The largest absolute Gasteiger partial charge is 0.475 e. The molecule has 0 atom stereocenters. The Morgan fingerprint density at radius 3 is 3.00 bits per heavy atom. The number of carboxylic acid groups (broad SMARTS) is 1. The summed E-state index contributed by atoms with van der Waals surface area (Å²) in [5, 5.41) is 11.2. The average Bonchev–Trinajstić information content (AvgIpc) is 2.69. The molecule has 0 spiro atoms. The van der Waals surface area contributed by atoms with Crippen LogP contribution >= 0.6 is 11.8 Å². The topological polar surface area (TPSA) is 90.4 Å². The van der Waals surface area contributed by atoms with Gasteiger partial charge in [0.15, 0.2) is 0 Å². The second kappa shape index (κ2) is 6.95. The number of H-pyrrole nitrogens is 1. The Bertz CT molecular complexity index is 403. The SMILES string of the molecule is CN/C(=N\CCSCc1nc[nH]c1C)C(=O)O. The standard InChI is InChI=1S/C10H16N4O2S/c1-7-8(14-6-13-7)5-17-4-3-12-9(11-2)10(15)16/h6H,3-5H2,1-2H3,(H,11,12)(H,13,14)(H,15,16). The number of aromatic nitrogens is 2. The maximum Gasteiger partial charge on any atom is 0.371 e. The zero-order valence-corrected chi connectivity index (χ0v) is 10.7. The molecule has 7 heteroatoms. The van der Waals surface area contributed by atoms with E-state index in [1.165, 1.54) is 0 Å². The molecule has 0 fully saturated rings. The fourth-order valence-electron chi connectivity index (χ4n) is 1.18. The number of imidazole rings is 1. The number of likely N-dealkylation sites (N-methyl/N-ethyl adjacent to an activating group) is 1. The molecule has 0 amide bonds. The molecule has 1 aromatic heterocycles. The van der Waals surface area contributed by atoms with Crippen molar-refractivity contribution in [3.05, 3.63) is 17.7 Å². The summed E-state index contributed by atoms with van der Waals surface area (Å²) < 4.78 is 0. The first-order valence-electron chi connectivity index (χ1n) is 5.17. The number of carboxylic acids is 1. The summed E-state index contributed by atoms with van der Waals surface area (Å²) in [4.78, 5) is 21.7. The summed E-state index contributed by atoms with van der Waals surface area (Å²) in [6.07, 6.45) is 1.67. The van der Waals surface area contributed by atoms with Gasteiger partial charge in [-0.2, -0.15) is 11.8 Å². The first-order valence-corrected chi connectivity index (χ1v) is 6.32. The van der Waals surface area contributed by atoms with Crippen molar-refractivity contribution < 1.29 is 9.90 Å². The van der Waals surface area contributed by atoms with Crippen molar-refractivity contribution in [1.82, 2.24) is 15.3 Å². The molecular weight excluding hydrogens is 240 g/mol. The fraction of sp³-hybridized carbons (Fsp3) is 0.500. The second-order valence-corrected chi connectivity index (χ2v) is 4.42. The summed E-state index contributed by atoms with van der Waals surface area (Å²) in [7, 11) is 1.55. The highest BCUT2D eigenvalue weighted by molar-refractivity contribution is 7.98. The predicted octanol–water partition coefficient (Wildman–Crippen LogP) is 0.654. The lowest BCUT2D eigenvalue weighted by atomic mass is 10.4. The Balaban J connectivity index is 2.25. The van der Waals surface area contributed by atoms with Gasteiger partial charge in [-0.15, -0.1) is 0 Å². The van der Waals surface area contributed by atoms with Gasteiger partial charge < -0.3 is 15.4 Å². The smallest absolute Gasteiger partial charge is 0.371 e. The van der Waals surface area contributed by atoms with Crippen LogP contribution in [0.2, 0.25) is 0 Å². The first kappa shape index (κ1) is 13.6.